The average Bonchev–Trinajstić information content (AvgIpc) is 1.62. The van der Waals surface area contributed by atoms with E-state index in [1.165, 1.54) is 156 Å². The van der Waals surface area contributed by atoms with Crippen molar-refractivity contribution in [2.45, 2.75) is 0 Å². The lowest BCUT2D eigenvalue weighted by Crippen LogP contribution is -2.24. The summed E-state index contributed by atoms with van der Waals surface area (Å²) in [6.07, 6.45) is 1.84. The Morgan fingerprint density at radius 2 is 0.552 bits per heavy atom. The van der Waals surface area contributed by atoms with Crippen LogP contribution < -0.4 is 47.7 Å². The minimum absolute atomic E-state index is 0.943. The summed E-state index contributed by atoms with van der Waals surface area (Å²) in [5.41, 5.74) is 19.2. The molecule has 0 saturated carbocycles. The minimum atomic E-state index is -2.40. The third-order valence-electron chi connectivity index (χ3n) is 28.9. The predicted molar refractivity (Wildman–Crippen MR) is 623 cm³/mol. The number of hydrogen-bond acceptors (Lipinski definition) is 7. The van der Waals surface area contributed by atoms with E-state index in [1.807, 2.05) is 18.3 Å². The topological polar surface area (TPSA) is 64.8 Å². The van der Waals surface area contributed by atoms with E-state index in [0.717, 1.165) is 94.0 Å². The van der Waals surface area contributed by atoms with E-state index in [1.54, 1.807) is 0 Å². The molecule has 7 aromatic heterocycles. The first kappa shape index (κ1) is 85.8. The van der Waals surface area contributed by atoms with Gasteiger partial charge in [0, 0.05) is 67.6 Å². The Balaban J connectivity index is 0.000000108. The van der Waals surface area contributed by atoms with Crippen molar-refractivity contribution >= 4 is 270 Å². The fourth-order valence-corrected chi connectivity index (χ4v) is 33.4. The maximum absolute atomic E-state index is 6.87. The van der Waals surface area contributed by atoms with Gasteiger partial charge in [0.2, 0.25) is 0 Å². The molecule has 7 heterocycles. The molecule has 0 aliphatic rings. The fraction of sp³-hybridized carbons (Fsp3) is 0. The zero-order chi connectivity index (χ0) is 95.0. The van der Waals surface area contributed by atoms with Crippen LogP contribution in [0.4, 0.5) is 0 Å². The fourth-order valence-electron chi connectivity index (χ4n) is 22.1. The summed E-state index contributed by atoms with van der Waals surface area (Å²) in [5, 5.41) is 33.5. The van der Waals surface area contributed by atoms with E-state index in [4.69, 9.17) is 50.4 Å². The molecule has 0 radical (unpaired) electrons. The van der Waals surface area contributed by atoms with E-state index in [9.17, 15) is 0 Å². The van der Waals surface area contributed by atoms with Gasteiger partial charge in [-0.25, -0.2) is 15.0 Å². The quantitative estimate of drug-likeness (QED) is 0.0686. The zero-order valence-electron chi connectivity index (χ0n) is 77.2. The number of benzene rings is 22. The van der Waals surface area contributed by atoms with Gasteiger partial charge in [0.05, 0.1) is 55.3 Å². The monoisotopic (exact) mass is 1930 g/mol. The average molecular weight is 1930 g/mol. The second-order valence-electron chi connectivity index (χ2n) is 36.8. The van der Waals surface area contributed by atoms with Gasteiger partial charge in [-0.3, -0.25) is 18.2 Å². The molecular weight excluding hydrogens is 1850 g/mol. The lowest BCUT2D eigenvalue weighted by molar-refractivity contribution is 1.31. The molecule has 7 nitrogen and oxygen atoms in total. The SMILES string of the molecule is S=P(c1ccccc1)(c1ccccc1)c1ccc2c(c1)c1c3ccccc3ccc1c1nc3ccc(-c4cc5ccccc5c5ccccc45)cc3n21.S=P(c1ccccc1)(c1ccccc1)c1ccc2c(c1)c1ccc3ccccc3c1c1nc3ccc(-c4ccccn4)cc3n21.S=P(c1ccccc1)(c1ccccc1)c1ccc2c3cc4ccccc4cc3c3nc4ccc(-c5ccccc5)cc4n3c2c1. The number of rotatable bonds is 12. The smallest absolute Gasteiger partial charge is 0.147 e. The van der Waals surface area contributed by atoms with Gasteiger partial charge in [-0.1, -0.05) is 436 Å². The van der Waals surface area contributed by atoms with Crippen LogP contribution in [0.2, 0.25) is 0 Å². The maximum Gasteiger partial charge on any atom is 0.147 e. The summed E-state index contributed by atoms with van der Waals surface area (Å²) < 4.78 is 7.09. The first-order chi connectivity index (χ1) is 70.5. The third kappa shape index (κ3) is 14.1. The lowest BCUT2D eigenvalue weighted by Gasteiger charge is -2.25. The van der Waals surface area contributed by atoms with Crippen molar-refractivity contribution in [3.8, 4) is 33.5 Å². The highest BCUT2D eigenvalue weighted by Crippen LogP contribution is 2.51. The molecule has 0 saturated heterocycles. The molecule has 0 fully saturated rings. The molecule has 0 bridgehead atoms. The van der Waals surface area contributed by atoms with Crippen LogP contribution in [0.5, 0.6) is 0 Å². The van der Waals surface area contributed by atoms with Crippen LogP contribution in [0.15, 0.2) is 510 Å². The van der Waals surface area contributed by atoms with Crippen molar-refractivity contribution in [1.29, 1.82) is 0 Å². The Hall–Kier alpha value is -16.4. The predicted octanol–water partition coefficient (Wildman–Crippen LogP) is 29.8. The van der Waals surface area contributed by atoms with E-state index >= 15 is 0 Å². The summed E-state index contributed by atoms with van der Waals surface area (Å²) in [5.74, 6) is 0. The van der Waals surface area contributed by atoms with Crippen LogP contribution in [-0.4, -0.2) is 33.1 Å². The Morgan fingerprint density at radius 1 is 0.175 bits per heavy atom. The largest absolute Gasteiger partial charge is 0.292 e. The van der Waals surface area contributed by atoms with Gasteiger partial charge in [0.25, 0.3) is 0 Å². The molecule has 0 aliphatic heterocycles. The second-order valence-corrected chi connectivity index (χ2v) is 50.0. The summed E-state index contributed by atoms with van der Waals surface area (Å²) in [6, 6.07) is 173. The number of aromatic nitrogens is 7. The van der Waals surface area contributed by atoms with Gasteiger partial charge in [-0.2, -0.15) is 0 Å². The summed E-state index contributed by atoms with van der Waals surface area (Å²) in [6.45, 7) is 0. The van der Waals surface area contributed by atoms with Gasteiger partial charge >= 0.3 is 0 Å². The zero-order valence-corrected chi connectivity index (χ0v) is 82.3. The number of imidazole rings is 3. The molecule has 672 valence electrons. The number of pyridine rings is 4. The summed E-state index contributed by atoms with van der Waals surface area (Å²) in [4.78, 5) is 20.6. The van der Waals surface area contributed by atoms with E-state index < -0.39 is 18.1 Å². The summed E-state index contributed by atoms with van der Waals surface area (Å²) >= 11 is 20.4. The van der Waals surface area contributed by atoms with Gasteiger partial charge < -0.3 is 0 Å². The Morgan fingerprint density at radius 3 is 1.09 bits per heavy atom. The van der Waals surface area contributed by atoms with Crippen LogP contribution in [0.25, 0.3) is 202 Å². The molecule has 13 heteroatoms. The second kappa shape index (κ2) is 34.9. The van der Waals surface area contributed by atoms with E-state index in [-0.39, 0.29) is 0 Å². The lowest BCUT2D eigenvalue weighted by atomic mass is 9.93. The van der Waals surface area contributed by atoms with Crippen molar-refractivity contribution in [2.75, 3.05) is 0 Å². The molecule has 29 rings (SSSR count). The Bertz CT molecular complexity index is 10300. The normalized spacial score (nSPS) is 12.1. The molecule has 0 N–H and O–H groups in total. The summed E-state index contributed by atoms with van der Waals surface area (Å²) in [7, 11) is 0. The number of hydrogen-bond donors (Lipinski definition) is 0. The molecule has 0 atom stereocenters. The van der Waals surface area contributed by atoms with Gasteiger partial charge in [-0.15, -0.1) is 0 Å². The van der Waals surface area contributed by atoms with Crippen molar-refractivity contribution < 1.29 is 0 Å². The number of nitrogens with zero attached hydrogens (tertiary/aromatic N) is 7. The van der Waals surface area contributed by atoms with E-state index in [0.29, 0.717) is 0 Å². The van der Waals surface area contributed by atoms with Crippen LogP contribution in [-0.2, 0) is 35.4 Å². The molecule has 0 unspecified atom stereocenters. The van der Waals surface area contributed by atoms with Crippen molar-refractivity contribution in [1.82, 2.24) is 33.1 Å². The molecule has 0 aliphatic carbocycles. The van der Waals surface area contributed by atoms with Crippen LogP contribution >= 0.6 is 18.1 Å². The Labute approximate surface area is 839 Å². The first-order valence-corrected chi connectivity index (χ1v) is 56.6. The highest BCUT2D eigenvalue weighted by molar-refractivity contribution is 8.26. The third-order valence-corrected chi connectivity index (χ3v) is 43.7. The standard InChI is InChI=1S/C49H31N2PS.C41H27N2PS.C40H26N3PS/c53-52(35-15-3-1-4-16-35,36-17-5-2-6-18-36)37-25-28-46-44(31-37)48-39-20-10-7-13-32(39)23-26-42(48)49-50-45-27-24-34(30-47(45)51(46)49)43-29-33-14-8-9-19-38(33)40-21-11-12-22-41(40)43;45-44(32-16-6-2-7-17-32,33-18-8-3-9-19-33)34-21-22-35-36-24-29-14-10-11-15-30(29)25-37(36)41-42-38-23-20-31(28-12-4-1-5-13-28)26-40(38)43(41)39(35)27-34;45-44(29-12-3-1-4-13-29,30-14-5-2-6-15-30)31-20-23-37-34(26-31)33-21-18-27-11-7-8-16-32(27)39(33)40-42-36-22-19-28(25-38(36)43(37)40)35-17-9-10-24-41-35/h1-31H;1-27H;1-26H. The van der Waals surface area contributed by atoms with Crippen molar-refractivity contribution in [3.05, 3.63) is 510 Å². The molecule has 29 aromatic rings. The van der Waals surface area contributed by atoms with Crippen molar-refractivity contribution in [2.24, 2.45) is 0 Å². The molecule has 0 spiro atoms. The van der Waals surface area contributed by atoms with Crippen molar-refractivity contribution in [3.63, 3.8) is 0 Å². The molecule has 0 amide bonds. The van der Waals surface area contributed by atoms with Gasteiger partial charge in [0.1, 0.15) is 16.9 Å². The first-order valence-electron chi connectivity index (χ1n) is 48.2. The van der Waals surface area contributed by atoms with Crippen LogP contribution in [0, 0.1) is 0 Å². The van der Waals surface area contributed by atoms with Crippen LogP contribution in [0.3, 0.4) is 0 Å². The van der Waals surface area contributed by atoms with Gasteiger partial charge in [-0.05, 0) is 238 Å². The van der Waals surface area contributed by atoms with E-state index in [2.05, 4.69) is 510 Å². The highest BCUT2D eigenvalue weighted by Gasteiger charge is 2.32. The van der Waals surface area contributed by atoms with Gasteiger partial charge in [0.15, 0.2) is 0 Å². The Kier molecular flexibility index (Phi) is 20.9. The molecular formula is C130H84N7P3S3. The number of fused-ring (bicyclic) bond motifs is 32. The maximum atomic E-state index is 6.87. The highest BCUT2D eigenvalue weighted by atomic mass is 32.4. The molecule has 143 heavy (non-hydrogen) atoms. The minimum Gasteiger partial charge on any atom is -0.292 e. The molecule has 22 aromatic carbocycles. The van der Waals surface area contributed by atoms with Crippen LogP contribution in [0.1, 0.15) is 0 Å².